The number of benzene rings is 1. The molecule has 0 spiro atoms. The Bertz CT molecular complexity index is 456. The Morgan fingerprint density at radius 2 is 1.80 bits per heavy atom. The Kier molecular flexibility index (Phi) is 4.13. The fourth-order valence-corrected chi connectivity index (χ4v) is 3.91. The van der Waals surface area contributed by atoms with E-state index in [1.807, 2.05) is 6.07 Å². The van der Waals surface area contributed by atoms with Crippen molar-refractivity contribution < 1.29 is 9.84 Å². The summed E-state index contributed by atoms with van der Waals surface area (Å²) >= 11 is 0. The van der Waals surface area contributed by atoms with Crippen molar-refractivity contribution in [2.24, 2.45) is 5.92 Å². The van der Waals surface area contributed by atoms with Gasteiger partial charge in [-0.1, -0.05) is 51.0 Å². The number of ether oxygens (including phenoxy) is 1. The second-order valence-electron chi connectivity index (χ2n) is 6.78. The molecule has 1 N–H and O–H groups in total. The van der Waals surface area contributed by atoms with Crippen molar-refractivity contribution in [1.82, 2.24) is 0 Å². The summed E-state index contributed by atoms with van der Waals surface area (Å²) in [7, 11) is 0. The van der Waals surface area contributed by atoms with Gasteiger partial charge in [-0.2, -0.15) is 0 Å². The first kappa shape index (κ1) is 14.1. The minimum atomic E-state index is -0.459. The molecule has 1 aromatic rings. The van der Waals surface area contributed by atoms with E-state index in [2.05, 4.69) is 32.0 Å². The van der Waals surface area contributed by atoms with Crippen LogP contribution in [0, 0.1) is 5.92 Å². The topological polar surface area (TPSA) is 29.5 Å². The molecule has 0 radical (unpaired) electrons. The number of hydrogen-bond donors (Lipinski definition) is 1. The molecule has 0 heterocycles. The molecule has 20 heavy (non-hydrogen) atoms. The number of aliphatic hydroxyl groups is 1. The average molecular weight is 274 g/mol. The molecule has 2 aliphatic carbocycles. The first-order chi connectivity index (χ1) is 9.65. The van der Waals surface area contributed by atoms with E-state index in [1.54, 1.807) is 0 Å². The Balaban J connectivity index is 1.72. The van der Waals surface area contributed by atoms with E-state index >= 15 is 0 Å². The van der Waals surface area contributed by atoms with Gasteiger partial charge in [0.05, 0.1) is 12.2 Å². The van der Waals surface area contributed by atoms with Gasteiger partial charge < -0.3 is 9.84 Å². The minimum Gasteiger partial charge on any atom is -0.386 e. The summed E-state index contributed by atoms with van der Waals surface area (Å²) < 4.78 is 6.29. The van der Waals surface area contributed by atoms with Crippen molar-refractivity contribution in [2.75, 3.05) is 0 Å². The zero-order valence-electron chi connectivity index (χ0n) is 12.6. The van der Waals surface area contributed by atoms with Crippen LogP contribution in [0.5, 0.6) is 0 Å². The maximum Gasteiger partial charge on any atom is 0.105 e. The summed E-state index contributed by atoms with van der Waals surface area (Å²) in [6, 6.07) is 8.27. The van der Waals surface area contributed by atoms with Gasteiger partial charge in [-0.25, -0.2) is 0 Å². The van der Waals surface area contributed by atoms with Gasteiger partial charge >= 0.3 is 0 Å². The molecule has 1 fully saturated rings. The van der Waals surface area contributed by atoms with Crippen molar-refractivity contribution in [3.63, 3.8) is 0 Å². The van der Waals surface area contributed by atoms with Gasteiger partial charge in [0.2, 0.25) is 0 Å². The second kappa shape index (κ2) is 5.87. The van der Waals surface area contributed by atoms with Gasteiger partial charge in [0.25, 0.3) is 0 Å². The minimum absolute atomic E-state index is 0.0322. The lowest BCUT2D eigenvalue weighted by molar-refractivity contribution is -0.103. The number of hydrogen-bond acceptors (Lipinski definition) is 2. The molecule has 2 nitrogen and oxygen atoms in total. The largest absolute Gasteiger partial charge is 0.386 e. The monoisotopic (exact) mass is 274 g/mol. The fourth-order valence-electron chi connectivity index (χ4n) is 3.91. The highest BCUT2D eigenvalue weighted by molar-refractivity contribution is 5.35. The fraction of sp³-hybridized carbons (Fsp3) is 0.667. The number of rotatable bonds is 2. The van der Waals surface area contributed by atoms with Gasteiger partial charge in [-0.05, 0) is 42.2 Å². The molecule has 3 rings (SSSR count). The van der Waals surface area contributed by atoms with E-state index in [1.165, 1.54) is 18.4 Å². The van der Waals surface area contributed by atoms with Crippen LogP contribution < -0.4 is 0 Å². The first-order valence-electron chi connectivity index (χ1n) is 8.07. The summed E-state index contributed by atoms with van der Waals surface area (Å²) in [5.74, 6) is 1.24. The van der Waals surface area contributed by atoms with E-state index in [9.17, 15) is 5.11 Å². The van der Waals surface area contributed by atoms with Crippen LogP contribution in [-0.4, -0.2) is 17.3 Å². The van der Waals surface area contributed by atoms with Crippen molar-refractivity contribution in [3.05, 3.63) is 35.4 Å². The lowest BCUT2D eigenvalue weighted by Crippen LogP contribution is -2.35. The molecule has 1 aromatic carbocycles. The zero-order chi connectivity index (χ0) is 14.1. The lowest BCUT2D eigenvalue weighted by atomic mass is 9.80. The molecule has 0 aliphatic heterocycles. The molecular formula is C18H26O2. The lowest BCUT2D eigenvalue weighted by Gasteiger charge is -2.37. The summed E-state index contributed by atoms with van der Waals surface area (Å²) in [4.78, 5) is 0. The molecule has 2 heteroatoms. The van der Waals surface area contributed by atoms with Crippen molar-refractivity contribution in [1.29, 1.82) is 0 Å². The van der Waals surface area contributed by atoms with E-state index < -0.39 is 6.10 Å². The summed E-state index contributed by atoms with van der Waals surface area (Å²) in [5.41, 5.74) is 2.36. The zero-order valence-corrected chi connectivity index (χ0v) is 12.6. The summed E-state index contributed by atoms with van der Waals surface area (Å²) in [6.07, 6.45) is 5.68. The van der Waals surface area contributed by atoms with Crippen LogP contribution in [0.2, 0.25) is 0 Å². The van der Waals surface area contributed by atoms with Crippen LogP contribution in [-0.2, 0) is 4.74 Å². The Labute approximate surface area is 122 Å². The molecule has 1 saturated carbocycles. The third-order valence-electron chi connectivity index (χ3n) is 5.04. The molecule has 0 amide bonds. The van der Waals surface area contributed by atoms with Crippen LogP contribution in [0.25, 0.3) is 0 Å². The molecule has 0 aromatic heterocycles. The highest BCUT2D eigenvalue weighted by Crippen LogP contribution is 2.40. The van der Waals surface area contributed by atoms with Crippen molar-refractivity contribution in [3.8, 4) is 0 Å². The standard InChI is InChI=1S/C18H26O2/c1-12-6-5-7-14(10-12)20-17-11-13(2)15-8-3-4-9-16(15)18(17)19/h3-4,8-9,12-14,17-19H,5-7,10-11H2,1-2H3. The predicted molar refractivity (Wildman–Crippen MR) is 80.7 cm³/mol. The molecule has 5 atom stereocenters. The van der Waals surface area contributed by atoms with Crippen molar-refractivity contribution in [2.45, 2.75) is 70.2 Å². The molecule has 5 unspecified atom stereocenters. The van der Waals surface area contributed by atoms with E-state index in [0.717, 1.165) is 30.7 Å². The van der Waals surface area contributed by atoms with Crippen LogP contribution in [0.15, 0.2) is 24.3 Å². The van der Waals surface area contributed by atoms with Crippen LogP contribution in [0.4, 0.5) is 0 Å². The van der Waals surface area contributed by atoms with E-state index in [0.29, 0.717) is 12.0 Å². The first-order valence-corrected chi connectivity index (χ1v) is 8.07. The maximum atomic E-state index is 10.6. The molecular weight excluding hydrogens is 248 g/mol. The number of fused-ring (bicyclic) bond motifs is 1. The smallest absolute Gasteiger partial charge is 0.105 e. The Morgan fingerprint density at radius 1 is 1.05 bits per heavy atom. The molecule has 0 saturated heterocycles. The van der Waals surface area contributed by atoms with Gasteiger partial charge in [-0.3, -0.25) is 0 Å². The third-order valence-corrected chi connectivity index (χ3v) is 5.04. The van der Waals surface area contributed by atoms with Gasteiger partial charge in [0.1, 0.15) is 6.10 Å². The van der Waals surface area contributed by atoms with E-state index in [4.69, 9.17) is 4.74 Å². The molecule has 110 valence electrons. The maximum absolute atomic E-state index is 10.6. The second-order valence-corrected chi connectivity index (χ2v) is 6.78. The van der Waals surface area contributed by atoms with E-state index in [-0.39, 0.29) is 6.10 Å². The van der Waals surface area contributed by atoms with Crippen LogP contribution in [0.1, 0.15) is 69.1 Å². The Morgan fingerprint density at radius 3 is 2.55 bits per heavy atom. The highest BCUT2D eigenvalue weighted by atomic mass is 16.5. The van der Waals surface area contributed by atoms with Crippen LogP contribution >= 0.6 is 0 Å². The Hall–Kier alpha value is -0.860. The molecule has 0 bridgehead atoms. The third kappa shape index (κ3) is 2.77. The highest BCUT2D eigenvalue weighted by Gasteiger charge is 2.34. The van der Waals surface area contributed by atoms with Gasteiger partial charge in [-0.15, -0.1) is 0 Å². The average Bonchev–Trinajstić information content (AvgIpc) is 2.45. The van der Waals surface area contributed by atoms with Gasteiger partial charge in [0.15, 0.2) is 0 Å². The summed E-state index contributed by atoms with van der Waals surface area (Å²) in [6.45, 7) is 4.55. The van der Waals surface area contributed by atoms with Crippen LogP contribution in [0.3, 0.4) is 0 Å². The number of aliphatic hydroxyl groups excluding tert-OH is 1. The van der Waals surface area contributed by atoms with Crippen molar-refractivity contribution >= 4 is 0 Å². The molecule has 2 aliphatic rings. The quantitative estimate of drug-likeness (QED) is 0.876. The summed E-state index contributed by atoms with van der Waals surface area (Å²) in [5, 5.41) is 10.6. The predicted octanol–water partition coefficient (Wildman–Crippen LogP) is 4.19. The van der Waals surface area contributed by atoms with Gasteiger partial charge in [0, 0.05) is 0 Å². The normalized spacial score (nSPS) is 37.5. The SMILES string of the molecule is CC1CCCC(OC2CC(C)c3ccccc3C2O)C1.